The molecule has 16 heteroatoms. The van der Waals surface area contributed by atoms with Gasteiger partial charge in [0.05, 0.1) is 5.69 Å². The summed E-state index contributed by atoms with van der Waals surface area (Å²) in [5.74, 6) is -0.949. The van der Waals surface area contributed by atoms with E-state index in [0.29, 0.717) is 0 Å². The van der Waals surface area contributed by atoms with Crippen LogP contribution in [0.5, 0.6) is 0 Å². The normalized spacial score (nSPS) is 15.6. The van der Waals surface area contributed by atoms with Gasteiger partial charge in [-0.25, -0.2) is 0 Å². The second-order valence-electron chi connectivity index (χ2n) is 7.48. The van der Waals surface area contributed by atoms with Gasteiger partial charge in [0.15, 0.2) is 5.71 Å². The number of ketones is 1. The summed E-state index contributed by atoms with van der Waals surface area (Å²) in [5.41, 5.74) is 6.87. The molecule has 1 aliphatic carbocycles. The topological polar surface area (TPSA) is 231 Å². The van der Waals surface area contributed by atoms with Crippen molar-refractivity contribution in [1.82, 2.24) is 0 Å². The molecule has 0 atom stereocenters. The minimum atomic E-state index is -5.07. The number of carbonyl (C=O) groups is 1. The Hall–Kier alpha value is -3.67. The standard InChI is InChI=1S/C20H15N3O10S3/c21-11-4-5-12-10(8-11)9-17(35(28,29)30)18(19(12)24)23-22-15-7-6-13-14(20(15)36(31,32)33)2-1-3-16(13)34(25,26)27/h1-9,22H,21H2,(H,25,26,27)(H,28,29,30)(H,31,32,33)/b23-18+. The lowest BCUT2D eigenvalue weighted by Crippen LogP contribution is -2.27. The van der Waals surface area contributed by atoms with Crippen LogP contribution >= 0.6 is 0 Å². The Kier molecular flexibility index (Phi) is 5.98. The monoisotopic (exact) mass is 553 g/mol. The van der Waals surface area contributed by atoms with Gasteiger partial charge >= 0.3 is 0 Å². The fourth-order valence-corrected chi connectivity index (χ4v) is 5.88. The molecule has 0 aliphatic heterocycles. The third-order valence-corrected chi connectivity index (χ3v) is 7.86. The maximum absolute atomic E-state index is 13.0. The highest BCUT2D eigenvalue weighted by Crippen LogP contribution is 2.34. The van der Waals surface area contributed by atoms with Crippen molar-refractivity contribution < 1.29 is 43.7 Å². The van der Waals surface area contributed by atoms with Crippen molar-refractivity contribution in [2.75, 3.05) is 11.2 Å². The Balaban J connectivity index is 1.93. The number of nitrogens with two attached hydrogens (primary N) is 1. The van der Waals surface area contributed by atoms with Gasteiger partial charge in [0.1, 0.15) is 14.7 Å². The SMILES string of the molecule is Nc1ccc2c(c1)C=C(S(=O)(=O)O)/C(=N\Nc1ccc3c(S(=O)(=O)O)cccc3c1S(=O)(=O)O)C2=O. The second-order valence-corrected chi connectivity index (χ2v) is 11.6. The number of nitrogen functional groups attached to an aromatic ring is 1. The van der Waals surface area contributed by atoms with Crippen molar-refractivity contribution in [2.24, 2.45) is 5.10 Å². The molecule has 0 aromatic heterocycles. The van der Waals surface area contributed by atoms with E-state index in [4.69, 9.17) is 5.73 Å². The number of rotatable bonds is 5. The molecule has 4 rings (SSSR count). The quantitative estimate of drug-likeness (QED) is 0.173. The van der Waals surface area contributed by atoms with E-state index in [1.165, 1.54) is 18.2 Å². The summed E-state index contributed by atoms with van der Waals surface area (Å²) in [6, 6.07) is 9.31. The number of anilines is 2. The number of benzene rings is 3. The van der Waals surface area contributed by atoms with Gasteiger partial charge in [-0.05, 0) is 42.0 Å². The van der Waals surface area contributed by atoms with Crippen LogP contribution in [0.15, 0.2) is 68.3 Å². The number of carbonyl (C=O) groups excluding carboxylic acids is 1. The molecule has 13 nitrogen and oxygen atoms in total. The van der Waals surface area contributed by atoms with Crippen LogP contribution in [-0.4, -0.2) is 50.4 Å². The van der Waals surface area contributed by atoms with E-state index in [9.17, 15) is 43.7 Å². The van der Waals surface area contributed by atoms with E-state index in [-0.39, 0.29) is 27.6 Å². The lowest BCUT2D eigenvalue weighted by Gasteiger charge is -2.17. The average Bonchev–Trinajstić information content (AvgIpc) is 2.75. The zero-order valence-corrected chi connectivity index (χ0v) is 20.1. The lowest BCUT2D eigenvalue weighted by atomic mass is 9.94. The van der Waals surface area contributed by atoms with Crippen LogP contribution in [0.2, 0.25) is 0 Å². The molecule has 36 heavy (non-hydrogen) atoms. The Morgan fingerprint density at radius 2 is 1.50 bits per heavy atom. The molecule has 0 saturated carbocycles. The molecule has 0 spiro atoms. The molecule has 1 aliphatic rings. The highest BCUT2D eigenvalue weighted by molar-refractivity contribution is 7.91. The number of hydrogen-bond acceptors (Lipinski definition) is 10. The van der Waals surface area contributed by atoms with Crippen molar-refractivity contribution in [3.05, 3.63) is 64.6 Å². The molecule has 0 heterocycles. The third kappa shape index (κ3) is 4.60. The number of nitrogens with one attached hydrogen (secondary N) is 1. The number of Topliss-reactive ketones (excluding diaryl/α,β-unsaturated/α-hetero) is 1. The molecule has 0 unspecified atom stereocenters. The molecule has 3 aromatic carbocycles. The molecule has 0 saturated heterocycles. The number of allylic oxidation sites excluding steroid dienone is 1. The van der Waals surface area contributed by atoms with Crippen LogP contribution in [-0.2, 0) is 30.4 Å². The van der Waals surface area contributed by atoms with Gasteiger partial charge in [0.25, 0.3) is 30.4 Å². The second kappa shape index (κ2) is 8.47. The lowest BCUT2D eigenvalue weighted by molar-refractivity contribution is 0.106. The van der Waals surface area contributed by atoms with E-state index in [1.54, 1.807) is 0 Å². The molecule has 0 amide bonds. The van der Waals surface area contributed by atoms with E-state index >= 15 is 0 Å². The number of hydrogen-bond donors (Lipinski definition) is 5. The van der Waals surface area contributed by atoms with Crippen LogP contribution in [0.25, 0.3) is 16.8 Å². The molecule has 6 N–H and O–H groups in total. The van der Waals surface area contributed by atoms with Gasteiger partial charge < -0.3 is 5.73 Å². The highest BCUT2D eigenvalue weighted by atomic mass is 32.2. The zero-order chi connectivity index (χ0) is 26.6. The zero-order valence-electron chi connectivity index (χ0n) is 17.6. The first kappa shape index (κ1) is 25.4. The largest absolute Gasteiger partial charge is 0.399 e. The maximum Gasteiger partial charge on any atom is 0.297 e. The van der Waals surface area contributed by atoms with Crippen molar-refractivity contribution in [3.8, 4) is 0 Å². The van der Waals surface area contributed by atoms with Crippen LogP contribution < -0.4 is 11.2 Å². The van der Waals surface area contributed by atoms with E-state index < -0.39 is 62.2 Å². The van der Waals surface area contributed by atoms with Crippen molar-refractivity contribution >= 4 is 70.1 Å². The highest BCUT2D eigenvalue weighted by Gasteiger charge is 2.33. The fraction of sp³-hybridized carbons (Fsp3) is 0. The van der Waals surface area contributed by atoms with Crippen LogP contribution in [0, 0.1) is 0 Å². The smallest absolute Gasteiger partial charge is 0.297 e. The summed E-state index contributed by atoms with van der Waals surface area (Å²) < 4.78 is 101. The summed E-state index contributed by atoms with van der Waals surface area (Å²) in [4.78, 5) is 10.6. The van der Waals surface area contributed by atoms with Crippen molar-refractivity contribution in [1.29, 1.82) is 0 Å². The van der Waals surface area contributed by atoms with Gasteiger partial charge in [0, 0.05) is 22.0 Å². The molecule has 3 aromatic rings. The molecular formula is C20H15N3O10S3. The Morgan fingerprint density at radius 3 is 2.11 bits per heavy atom. The summed E-state index contributed by atoms with van der Waals surface area (Å²) in [6.45, 7) is 0. The predicted octanol–water partition coefficient (Wildman–Crippen LogP) is 1.81. The van der Waals surface area contributed by atoms with E-state index in [0.717, 1.165) is 36.4 Å². The molecule has 0 radical (unpaired) electrons. The van der Waals surface area contributed by atoms with Gasteiger partial charge in [-0.2, -0.15) is 30.4 Å². The Labute approximate surface area is 204 Å². The van der Waals surface area contributed by atoms with Crippen LogP contribution in [0.4, 0.5) is 11.4 Å². The van der Waals surface area contributed by atoms with Gasteiger partial charge in [-0.15, -0.1) is 0 Å². The molecule has 188 valence electrons. The summed E-state index contributed by atoms with van der Waals surface area (Å²) >= 11 is 0. The molecule has 0 bridgehead atoms. The first-order valence-corrected chi connectivity index (χ1v) is 13.9. The third-order valence-electron chi connectivity index (χ3n) is 5.13. The van der Waals surface area contributed by atoms with Gasteiger partial charge in [-0.1, -0.05) is 18.2 Å². The molecular weight excluding hydrogens is 538 g/mol. The first-order chi connectivity index (χ1) is 16.6. The summed E-state index contributed by atoms with van der Waals surface area (Å²) in [5, 5.41) is 3.10. The van der Waals surface area contributed by atoms with Gasteiger partial charge in [-0.3, -0.25) is 23.9 Å². The van der Waals surface area contributed by atoms with E-state index in [2.05, 4.69) is 10.5 Å². The maximum atomic E-state index is 13.0. The van der Waals surface area contributed by atoms with Crippen molar-refractivity contribution in [2.45, 2.75) is 9.79 Å². The summed E-state index contributed by atoms with van der Waals surface area (Å²) in [7, 11) is -14.8. The summed E-state index contributed by atoms with van der Waals surface area (Å²) in [6.07, 6.45) is 0.950. The predicted molar refractivity (Wildman–Crippen MR) is 129 cm³/mol. The minimum absolute atomic E-state index is 0.0107. The number of nitrogens with zero attached hydrogens (tertiary/aromatic N) is 1. The number of fused-ring (bicyclic) bond motifs is 2. The van der Waals surface area contributed by atoms with E-state index in [1.807, 2.05) is 0 Å². The fourth-order valence-electron chi connectivity index (χ4n) is 3.67. The van der Waals surface area contributed by atoms with Gasteiger partial charge in [0.2, 0.25) is 5.78 Å². The van der Waals surface area contributed by atoms with Crippen molar-refractivity contribution in [3.63, 3.8) is 0 Å². The Morgan fingerprint density at radius 1 is 0.806 bits per heavy atom. The minimum Gasteiger partial charge on any atom is -0.399 e. The molecule has 0 fully saturated rings. The first-order valence-electron chi connectivity index (χ1n) is 9.57. The van der Waals surface area contributed by atoms with Crippen LogP contribution in [0.3, 0.4) is 0 Å². The average molecular weight is 554 g/mol. The Bertz CT molecular complexity index is 1860. The van der Waals surface area contributed by atoms with Crippen LogP contribution in [0.1, 0.15) is 15.9 Å². The number of hydrazone groups is 1.